The maximum Gasteiger partial charge on any atom is 0.149 e. The minimum atomic E-state index is 0.299. The fourth-order valence-electron chi connectivity index (χ4n) is 2.48. The van der Waals surface area contributed by atoms with Crippen LogP contribution in [0.1, 0.15) is 52.4 Å². The van der Waals surface area contributed by atoms with Crippen LogP contribution in [0.25, 0.3) is 0 Å². The Bertz CT molecular complexity index is 217. The summed E-state index contributed by atoms with van der Waals surface area (Å²) in [7, 11) is 0. The largest absolute Gasteiger partial charge is 0.379 e. The Labute approximate surface area is 112 Å². The van der Waals surface area contributed by atoms with Crippen LogP contribution in [-0.2, 0) is 9.53 Å². The first-order chi connectivity index (χ1) is 8.77. The molecule has 1 fully saturated rings. The Hall–Kier alpha value is -0.410. The number of hydrogen-bond acceptors (Lipinski definition) is 3. The molecule has 0 radical (unpaired) electrons. The van der Waals surface area contributed by atoms with Crippen LogP contribution in [0.2, 0.25) is 0 Å². The van der Waals surface area contributed by atoms with E-state index in [4.69, 9.17) is 4.74 Å². The van der Waals surface area contributed by atoms with Gasteiger partial charge in [-0.05, 0) is 12.8 Å². The van der Waals surface area contributed by atoms with Gasteiger partial charge in [0.15, 0.2) is 0 Å². The van der Waals surface area contributed by atoms with Crippen LogP contribution in [0.5, 0.6) is 0 Å². The lowest BCUT2D eigenvalue weighted by molar-refractivity contribution is -0.125. The minimum absolute atomic E-state index is 0.299. The molecule has 0 amide bonds. The highest BCUT2D eigenvalue weighted by molar-refractivity contribution is 5.82. The highest BCUT2D eigenvalue weighted by atomic mass is 16.5. The molecular weight excluding hydrogens is 226 g/mol. The Morgan fingerprint density at radius 3 is 2.17 bits per heavy atom. The van der Waals surface area contributed by atoms with Gasteiger partial charge in [-0.15, -0.1) is 0 Å². The zero-order valence-electron chi connectivity index (χ0n) is 12.1. The van der Waals surface area contributed by atoms with E-state index in [0.717, 1.165) is 39.1 Å². The third-order valence-corrected chi connectivity index (χ3v) is 3.75. The molecule has 18 heavy (non-hydrogen) atoms. The molecule has 0 saturated carbocycles. The monoisotopic (exact) mass is 255 g/mol. The van der Waals surface area contributed by atoms with E-state index in [1.165, 1.54) is 25.7 Å². The van der Waals surface area contributed by atoms with Crippen molar-refractivity contribution in [2.75, 3.05) is 32.8 Å². The van der Waals surface area contributed by atoms with Crippen LogP contribution in [-0.4, -0.2) is 43.5 Å². The summed E-state index contributed by atoms with van der Waals surface area (Å²) < 4.78 is 5.32. The number of carbonyl (C=O) groups excluding carboxylic acids is 1. The number of unbranched alkanes of at least 4 members (excludes halogenated alkanes) is 2. The van der Waals surface area contributed by atoms with Crippen molar-refractivity contribution < 1.29 is 9.53 Å². The predicted octanol–water partition coefficient (Wildman–Crippen LogP) is 2.88. The number of ether oxygens (including phenoxy) is 1. The van der Waals surface area contributed by atoms with Crippen LogP contribution in [0.15, 0.2) is 0 Å². The first-order valence-electron chi connectivity index (χ1n) is 7.60. The van der Waals surface area contributed by atoms with Crippen molar-refractivity contribution in [3.63, 3.8) is 0 Å². The molecule has 1 rings (SSSR count). The van der Waals surface area contributed by atoms with Gasteiger partial charge in [0.1, 0.15) is 5.78 Å². The van der Waals surface area contributed by atoms with Gasteiger partial charge in [-0.2, -0.15) is 0 Å². The average Bonchev–Trinajstić information content (AvgIpc) is 2.40. The third-order valence-electron chi connectivity index (χ3n) is 3.75. The summed E-state index contributed by atoms with van der Waals surface area (Å²) in [6.07, 6.45) is 6.91. The molecule has 0 aromatic heterocycles. The summed E-state index contributed by atoms with van der Waals surface area (Å²) in [6.45, 7) is 8.43. The Morgan fingerprint density at radius 1 is 1.11 bits per heavy atom. The zero-order valence-corrected chi connectivity index (χ0v) is 12.1. The van der Waals surface area contributed by atoms with E-state index in [2.05, 4.69) is 18.7 Å². The van der Waals surface area contributed by atoms with Crippen molar-refractivity contribution in [2.24, 2.45) is 5.92 Å². The number of ketones is 1. The molecule has 0 aliphatic carbocycles. The van der Waals surface area contributed by atoms with Gasteiger partial charge >= 0.3 is 0 Å². The van der Waals surface area contributed by atoms with Crippen LogP contribution in [0.3, 0.4) is 0 Å². The molecular formula is C15H29NO2. The maximum atomic E-state index is 12.3. The van der Waals surface area contributed by atoms with Gasteiger partial charge in [-0.1, -0.05) is 39.5 Å². The molecule has 3 heteroatoms. The Kier molecular flexibility index (Phi) is 8.27. The first-order valence-corrected chi connectivity index (χ1v) is 7.60. The van der Waals surface area contributed by atoms with Crippen LogP contribution < -0.4 is 0 Å². The highest BCUT2D eigenvalue weighted by Gasteiger charge is 2.21. The molecule has 0 aromatic rings. The van der Waals surface area contributed by atoms with Gasteiger partial charge in [-0.3, -0.25) is 9.69 Å². The fraction of sp³-hybridized carbons (Fsp3) is 0.933. The lowest BCUT2D eigenvalue weighted by Gasteiger charge is -2.27. The number of rotatable bonds is 9. The summed E-state index contributed by atoms with van der Waals surface area (Å²) in [5, 5.41) is 0. The van der Waals surface area contributed by atoms with Crippen LogP contribution >= 0.6 is 0 Å². The Balaban J connectivity index is 2.35. The smallest absolute Gasteiger partial charge is 0.149 e. The number of hydrogen-bond donors (Lipinski definition) is 0. The van der Waals surface area contributed by atoms with Crippen molar-refractivity contribution in [2.45, 2.75) is 52.4 Å². The third kappa shape index (κ3) is 5.96. The van der Waals surface area contributed by atoms with Crippen molar-refractivity contribution in [1.29, 1.82) is 0 Å². The molecule has 0 spiro atoms. The molecule has 0 bridgehead atoms. The SMILES string of the molecule is CCCCC(CCCC)C(=O)CN1CCOCC1. The van der Waals surface area contributed by atoms with Crippen molar-refractivity contribution in [3.05, 3.63) is 0 Å². The van der Waals surface area contributed by atoms with E-state index in [-0.39, 0.29) is 0 Å². The fourth-order valence-corrected chi connectivity index (χ4v) is 2.48. The van der Waals surface area contributed by atoms with E-state index < -0.39 is 0 Å². The average molecular weight is 255 g/mol. The lowest BCUT2D eigenvalue weighted by Crippen LogP contribution is -2.41. The summed E-state index contributed by atoms with van der Waals surface area (Å²) in [6, 6.07) is 0. The molecule has 0 atom stereocenters. The van der Waals surface area contributed by atoms with Crippen LogP contribution in [0, 0.1) is 5.92 Å². The zero-order chi connectivity index (χ0) is 13.2. The quantitative estimate of drug-likeness (QED) is 0.634. The van der Waals surface area contributed by atoms with Gasteiger partial charge in [0.05, 0.1) is 19.8 Å². The van der Waals surface area contributed by atoms with E-state index in [1.807, 2.05) is 0 Å². The molecule has 1 aliphatic rings. The van der Waals surface area contributed by atoms with E-state index in [1.54, 1.807) is 0 Å². The number of nitrogens with zero attached hydrogens (tertiary/aromatic N) is 1. The second-order valence-electron chi connectivity index (χ2n) is 5.34. The summed E-state index contributed by atoms with van der Waals surface area (Å²) >= 11 is 0. The number of morpholine rings is 1. The molecule has 1 saturated heterocycles. The molecule has 0 N–H and O–H groups in total. The molecule has 0 aromatic carbocycles. The molecule has 0 unspecified atom stereocenters. The van der Waals surface area contributed by atoms with Gasteiger partial charge in [-0.25, -0.2) is 0 Å². The standard InChI is InChI=1S/C15H29NO2/c1-3-5-7-14(8-6-4-2)15(17)13-16-9-11-18-12-10-16/h14H,3-13H2,1-2H3. The summed E-state index contributed by atoms with van der Waals surface area (Å²) in [5.74, 6) is 0.756. The molecule has 1 aliphatic heterocycles. The van der Waals surface area contributed by atoms with Gasteiger partial charge in [0, 0.05) is 19.0 Å². The second kappa shape index (κ2) is 9.51. The maximum absolute atomic E-state index is 12.3. The topological polar surface area (TPSA) is 29.5 Å². The molecule has 1 heterocycles. The highest BCUT2D eigenvalue weighted by Crippen LogP contribution is 2.18. The van der Waals surface area contributed by atoms with Gasteiger partial charge in [0.2, 0.25) is 0 Å². The molecule has 3 nitrogen and oxygen atoms in total. The number of carbonyl (C=O) groups is 1. The van der Waals surface area contributed by atoms with E-state index in [0.29, 0.717) is 18.2 Å². The Morgan fingerprint density at radius 2 is 1.67 bits per heavy atom. The summed E-state index contributed by atoms with van der Waals surface area (Å²) in [4.78, 5) is 14.6. The van der Waals surface area contributed by atoms with E-state index in [9.17, 15) is 4.79 Å². The molecule has 106 valence electrons. The van der Waals surface area contributed by atoms with Crippen LogP contribution in [0.4, 0.5) is 0 Å². The van der Waals surface area contributed by atoms with E-state index >= 15 is 0 Å². The number of Topliss-reactive ketones (excluding diaryl/α,β-unsaturated/α-hetero) is 1. The van der Waals surface area contributed by atoms with Gasteiger partial charge < -0.3 is 4.74 Å². The summed E-state index contributed by atoms with van der Waals surface area (Å²) in [5.41, 5.74) is 0. The predicted molar refractivity (Wildman–Crippen MR) is 74.8 cm³/mol. The van der Waals surface area contributed by atoms with Gasteiger partial charge in [0.25, 0.3) is 0 Å². The first kappa shape index (κ1) is 15.6. The van der Waals surface area contributed by atoms with Crippen molar-refractivity contribution in [3.8, 4) is 0 Å². The van der Waals surface area contributed by atoms with Crippen molar-refractivity contribution in [1.82, 2.24) is 4.90 Å². The van der Waals surface area contributed by atoms with Crippen molar-refractivity contribution >= 4 is 5.78 Å². The lowest BCUT2D eigenvalue weighted by atomic mass is 9.91. The second-order valence-corrected chi connectivity index (χ2v) is 5.34. The normalized spacial score (nSPS) is 17.3. The minimum Gasteiger partial charge on any atom is -0.379 e.